The summed E-state index contributed by atoms with van der Waals surface area (Å²) >= 11 is 0. The summed E-state index contributed by atoms with van der Waals surface area (Å²) in [5.74, 6) is 1.20. The molecule has 96 valence electrons. The Balaban J connectivity index is 1.99. The van der Waals surface area contributed by atoms with E-state index in [-0.39, 0.29) is 0 Å². The Hall–Kier alpha value is -0.870. The number of fused-ring (bicyclic) bond motifs is 1. The number of likely N-dealkylation sites (N-methyl/N-ethyl adjacent to an activating group) is 1. The fourth-order valence-corrected chi connectivity index (χ4v) is 2.71. The summed E-state index contributed by atoms with van der Waals surface area (Å²) in [6.45, 7) is 11.0. The van der Waals surface area contributed by atoms with Crippen LogP contribution in [-0.4, -0.2) is 39.6 Å². The Bertz CT molecular complexity index is 347. The summed E-state index contributed by atoms with van der Waals surface area (Å²) in [6.07, 6.45) is 5.17. The maximum Gasteiger partial charge on any atom is 0.122 e. The Kier molecular flexibility index (Phi) is 4.18. The molecule has 0 aliphatic carbocycles. The van der Waals surface area contributed by atoms with Gasteiger partial charge in [0.2, 0.25) is 0 Å². The predicted octanol–water partition coefficient (Wildman–Crippen LogP) is 1.48. The fourth-order valence-electron chi connectivity index (χ4n) is 2.71. The van der Waals surface area contributed by atoms with Crippen molar-refractivity contribution in [1.82, 2.24) is 19.8 Å². The lowest BCUT2D eigenvalue weighted by atomic mass is 10.0. The van der Waals surface area contributed by atoms with Crippen LogP contribution < -0.4 is 5.32 Å². The number of aromatic nitrogens is 2. The monoisotopic (exact) mass is 236 g/mol. The quantitative estimate of drug-likeness (QED) is 0.840. The largest absolute Gasteiger partial charge is 0.333 e. The number of nitrogens with one attached hydrogen (secondary N) is 1. The normalized spacial score (nSPS) is 19.9. The first-order valence-corrected chi connectivity index (χ1v) is 6.73. The molecule has 0 amide bonds. The van der Waals surface area contributed by atoms with Crippen LogP contribution in [0.15, 0.2) is 12.4 Å². The van der Waals surface area contributed by atoms with E-state index in [1.54, 1.807) is 0 Å². The van der Waals surface area contributed by atoms with E-state index in [0.29, 0.717) is 12.1 Å². The SMILES string of the molecule is CCNC(CC)C(C)N1CCn2ccnc2C1. The van der Waals surface area contributed by atoms with Gasteiger partial charge >= 0.3 is 0 Å². The van der Waals surface area contributed by atoms with Crippen molar-refractivity contribution >= 4 is 0 Å². The molecule has 0 fully saturated rings. The maximum atomic E-state index is 4.42. The molecule has 0 bridgehead atoms. The van der Waals surface area contributed by atoms with Crippen LogP contribution in [0, 0.1) is 0 Å². The Morgan fingerprint density at radius 2 is 2.24 bits per heavy atom. The Morgan fingerprint density at radius 3 is 2.94 bits per heavy atom. The third kappa shape index (κ3) is 2.69. The standard InChI is InChI=1S/C13H24N4/c1-4-12(14-5-2)11(3)17-9-8-16-7-6-15-13(16)10-17/h6-7,11-12,14H,4-5,8-10H2,1-3H3. The van der Waals surface area contributed by atoms with E-state index < -0.39 is 0 Å². The highest BCUT2D eigenvalue weighted by molar-refractivity contribution is 4.97. The van der Waals surface area contributed by atoms with Crippen LogP contribution in [0.3, 0.4) is 0 Å². The molecule has 0 saturated carbocycles. The molecule has 17 heavy (non-hydrogen) atoms. The summed E-state index contributed by atoms with van der Waals surface area (Å²) in [5, 5.41) is 3.58. The van der Waals surface area contributed by atoms with Crippen LogP contribution in [-0.2, 0) is 13.1 Å². The summed E-state index contributed by atoms with van der Waals surface area (Å²) < 4.78 is 2.26. The Morgan fingerprint density at radius 1 is 1.41 bits per heavy atom. The Labute approximate surface area is 104 Å². The summed E-state index contributed by atoms with van der Waals surface area (Å²) in [6, 6.07) is 1.16. The van der Waals surface area contributed by atoms with Crippen LogP contribution in [0.1, 0.15) is 33.0 Å². The fraction of sp³-hybridized carbons (Fsp3) is 0.769. The third-order valence-corrected chi connectivity index (χ3v) is 3.84. The topological polar surface area (TPSA) is 33.1 Å². The average molecular weight is 236 g/mol. The van der Waals surface area contributed by atoms with Crippen LogP contribution in [0.2, 0.25) is 0 Å². The van der Waals surface area contributed by atoms with Crippen molar-refractivity contribution in [2.24, 2.45) is 0 Å². The minimum absolute atomic E-state index is 0.574. The molecule has 2 atom stereocenters. The molecule has 2 rings (SSSR count). The number of hydrogen-bond donors (Lipinski definition) is 1. The molecule has 0 aromatic carbocycles. The lowest BCUT2D eigenvalue weighted by molar-refractivity contribution is 0.130. The minimum Gasteiger partial charge on any atom is -0.333 e. The predicted molar refractivity (Wildman–Crippen MR) is 69.9 cm³/mol. The van der Waals surface area contributed by atoms with Gasteiger partial charge in [0.15, 0.2) is 0 Å². The van der Waals surface area contributed by atoms with Gasteiger partial charge in [0, 0.05) is 37.6 Å². The van der Waals surface area contributed by atoms with Gasteiger partial charge in [0.1, 0.15) is 5.82 Å². The third-order valence-electron chi connectivity index (χ3n) is 3.84. The van der Waals surface area contributed by atoms with Crippen molar-refractivity contribution in [2.45, 2.75) is 52.4 Å². The van der Waals surface area contributed by atoms with Gasteiger partial charge in [-0.3, -0.25) is 4.90 Å². The first-order chi connectivity index (χ1) is 8.26. The maximum absolute atomic E-state index is 4.42. The van der Waals surface area contributed by atoms with Gasteiger partial charge in [0.05, 0.1) is 6.54 Å². The summed E-state index contributed by atoms with van der Waals surface area (Å²) in [5.41, 5.74) is 0. The lowest BCUT2D eigenvalue weighted by Crippen LogP contribution is -2.50. The van der Waals surface area contributed by atoms with Crippen molar-refractivity contribution in [2.75, 3.05) is 13.1 Å². The number of hydrogen-bond acceptors (Lipinski definition) is 3. The summed E-state index contributed by atoms with van der Waals surface area (Å²) in [4.78, 5) is 6.96. The molecular weight excluding hydrogens is 212 g/mol. The molecule has 4 nitrogen and oxygen atoms in total. The van der Waals surface area contributed by atoms with Gasteiger partial charge in [-0.05, 0) is 19.9 Å². The molecule has 1 aliphatic heterocycles. The van der Waals surface area contributed by atoms with E-state index in [0.717, 1.165) is 26.2 Å². The molecule has 0 spiro atoms. The zero-order chi connectivity index (χ0) is 12.3. The van der Waals surface area contributed by atoms with E-state index in [1.807, 2.05) is 6.20 Å². The first kappa shape index (κ1) is 12.6. The van der Waals surface area contributed by atoms with Gasteiger partial charge in [-0.2, -0.15) is 0 Å². The first-order valence-electron chi connectivity index (χ1n) is 6.73. The van der Waals surface area contributed by atoms with E-state index in [9.17, 15) is 0 Å². The average Bonchev–Trinajstić information content (AvgIpc) is 2.82. The van der Waals surface area contributed by atoms with Crippen molar-refractivity contribution in [3.05, 3.63) is 18.2 Å². The molecule has 0 saturated heterocycles. The molecule has 2 heterocycles. The number of rotatable bonds is 5. The second kappa shape index (κ2) is 5.65. The van der Waals surface area contributed by atoms with Gasteiger partial charge < -0.3 is 9.88 Å². The lowest BCUT2D eigenvalue weighted by Gasteiger charge is -2.37. The number of imidazole rings is 1. The van der Waals surface area contributed by atoms with Crippen LogP contribution in [0.4, 0.5) is 0 Å². The van der Waals surface area contributed by atoms with Crippen molar-refractivity contribution in [1.29, 1.82) is 0 Å². The summed E-state index contributed by atoms with van der Waals surface area (Å²) in [7, 11) is 0. The van der Waals surface area contributed by atoms with Gasteiger partial charge in [0.25, 0.3) is 0 Å². The van der Waals surface area contributed by atoms with Crippen molar-refractivity contribution in [3.63, 3.8) is 0 Å². The number of nitrogens with zero attached hydrogens (tertiary/aromatic N) is 3. The van der Waals surface area contributed by atoms with E-state index in [1.165, 1.54) is 12.2 Å². The van der Waals surface area contributed by atoms with E-state index in [4.69, 9.17) is 0 Å². The second-order valence-electron chi connectivity index (χ2n) is 4.82. The molecule has 1 aromatic rings. The highest BCUT2D eigenvalue weighted by Crippen LogP contribution is 2.16. The molecular formula is C13H24N4. The minimum atomic E-state index is 0.574. The smallest absolute Gasteiger partial charge is 0.122 e. The molecule has 1 aliphatic rings. The highest BCUT2D eigenvalue weighted by Gasteiger charge is 2.25. The van der Waals surface area contributed by atoms with Gasteiger partial charge in [-0.1, -0.05) is 13.8 Å². The molecule has 1 N–H and O–H groups in total. The van der Waals surface area contributed by atoms with Gasteiger partial charge in [-0.15, -0.1) is 0 Å². The molecule has 2 unspecified atom stereocenters. The van der Waals surface area contributed by atoms with Crippen LogP contribution in [0.25, 0.3) is 0 Å². The van der Waals surface area contributed by atoms with Crippen LogP contribution in [0.5, 0.6) is 0 Å². The van der Waals surface area contributed by atoms with Crippen molar-refractivity contribution in [3.8, 4) is 0 Å². The zero-order valence-electron chi connectivity index (χ0n) is 11.2. The molecule has 1 aromatic heterocycles. The molecule has 0 radical (unpaired) electrons. The second-order valence-corrected chi connectivity index (χ2v) is 4.82. The zero-order valence-corrected chi connectivity index (χ0v) is 11.2. The molecule has 4 heteroatoms. The van der Waals surface area contributed by atoms with Crippen molar-refractivity contribution < 1.29 is 0 Å². The van der Waals surface area contributed by atoms with Crippen LogP contribution >= 0.6 is 0 Å². The van der Waals surface area contributed by atoms with E-state index >= 15 is 0 Å². The highest BCUT2D eigenvalue weighted by atomic mass is 15.3. The van der Waals surface area contributed by atoms with E-state index in [2.05, 4.69) is 46.7 Å². The van der Waals surface area contributed by atoms with Gasteiger partial charge in [-0.25, -0.2) is 4.98 Å².